The van der Waals surface area contributed by atoms with Crippen LogP contribution in [0.15, 0.2) is 25.0 Å². The highest BCUT2D eigenvalue weighted by Crippen LogP contribution is 2.40. The van der Waals surface area contributed by atoms with Gasteiger partial charge in [0.15, 0.2) is 0 Å². The van der Waals surface area contributed by atoms with Crippen molar-refractivity contribution in [2.24, 2.45) is 0 Å². The Morgan fingerprint density at radius 1 is 1.09 bits per heavy atom. The molecule has 0 N–H and O–H groups in total. The number of hydrogen-bond donors (Lipinski definition) is 0. The predicted octanol–water partition coefficient (Wildman–Crippen LogP) is 4.35. The first-order valence-electron chi connectivity index (χ1n) is 6.17. The third kappa shape index (κ3) is 4.90. The summed E-state index contributed by atoms with van der Waals surface area (Å²) >= 11 is 0. The van der Waals surface area contributed by atoms with Crippen LogP contribution in [0.5, 0.6) is 0 Å². The molecule has 23 heavy (non-hydrogen) atoms. The van der Waals surface area contributed by atoms with Crippen molar-refractivity contribution in [2.45, 2.75) is 19.3 Å². The van der Waals surface area contributed by atoms with Crippen molar-refractivity contribution in [1.82, 2.24) is 0 Å². The van der Waals surface area contributed by atoms with Crippen molar-refractivity contribution in [3.05, 3.63) is 47.2 Å². The molecular formula is C14H12F6O3. The van der Waals surface area contributed by atoms with Gasteiger partial charge in [-0.15, -0.1) is 0 Å². The Morgan fingerprint density at radius 2 is 1.57 bits per heavy atom. The average Bonchev–Trinajstić information content (AvgIpc) is 2.40. The van der Waals surface area contributed by atoms with Gasteiger partial charge in [0.1, 0.15) is 13.2 Å². The summed E-state index contributed by atoms with van der Waals surface area (Å²) in [5, 5.41) is 0. The summed E-state index contributed by atoms with van der Waals surface area (Å²) in [6, 6.07) is 0.929. The van der Waals surface area contributed by atoms with Gasteiger partial charge in [-0.2, -0.15) is 26.3 Å². The minimum Gasteiger partial charge on any atom is -0.498 e. The highest BCUT2D eigenvalue weighted by Gasteiger charge is 2.43. The lowest BCUT2D eigenvalue weighted by Gasteiger charge is -2.18. The number of hydrogen-bond acceptors (Lipinski definition) is 3. The van der Waals surface area contributed by atoms with E-state index >= 15 is 0 Å². The van der Waals surface area contributed by atoms with E-state index in [1.165, 1.54) is 0 Å². The lowest BCUT2D eigenvalue weighted by Crippen LogP contribution is -2.22. The maximum atomic E-state index is 13.0. The number of ether oxygens (including phenoxy) is 2. The van der Waals surface area contributed by atoms with E-state index < -0.39 is 41.6 Å². The Kier molecular flexibility index (Phi) is 5.68. The molecule has 9 heteroatoms. The van der Waals surface area contributed by atoms with E-state index in [1.54, 1.807) is 0 Å². The van der Waals surface area contributed by atoms with E-state index in [2.05, 4.69) is 16.1 Å². The molecule has 0 atom stereocenters. The van der Waals surface area contributed by atoms with Crippen LogP contribution in [0, 0.1) is 6.92 Å². The Morgan fingerprint density at radius 3 is 1.96 bits per heavy atom. The fraction of sp³-hybridized carbons (Fsp3) is 0.357. The lowest BCUT2D eigenvalue weighted by molar-refractivity contribution is -0.144. The van der Waals surface area contributed by atoms with Crippen molar-refractivity contribution in [3.8, 4) is 0 Å². The third-order valence-electron chi connectivity index (χ3n) is 2.65. The molecule has 1 aromatic carbocycles. The van der Waals surface area contributed by atoms with Gasteiger partial charge in [-0.25, -0.2) is 4.79 Å². The molecule has 1 aromatic rings. The minimum absolute atomic E-state index is 0.246. The first-order valence-corrected chi connectivity index (χ1v) is 6.17. The van der Waals surface area contributed by atoms with Crippen LogP contribution in [0.4, 0.5) is 26.3 Å². The quantitative estimate of drug-likeness (QED) is 0.345. The molecular weight excluding hydrogens is 330 g/mol. The number of benzene rings is 1. The van der Waals surface area contributed by atoms with Crippen LogP contribution < -0.4 is 0 Å². The van der Waals surface area contributed by atoms with Crippen molar-refractivity contribution in [2.75, 3.05) is 13.2 Å². The van der Waals surface area contributed by atoms with Gasteiger partial charge >= 0.3 is 18.3 Å². The van der Waals surface area contributed by atoms with Gasteiger partial charge in [0.25, 0.3) is 0 Å². The molecule has 0 saturated carbocycles. The van der Waals surface area contributed by atoms with Crippen LogP contribution in [0.25, 0.3) is 0 Å². The second kappa shape index (κ2) is 6.93. The number of esters is 1. The smallest absolute Gasteiger partial charge is 0.417 e. The number of aryl methyl sites for hydroxylation is 1. The van der Waals surface area contributed by atoms with Gasteiger partial charge < -0.3 is 9.47 Å². The number of carbonyl (C=O) groups is 1. The molecule has 3 nitrogen and oxygen atoms in total. The Balaban J connectivity index is 3.35. The zero-order chi connectivity index (χ0) is 17.8. The van der Waals surface area contributed by atoms with Crippen LogP contribution in [0.1, 0.15) is 27.0 Å². The van der Waals surface area contributed by atoms with Crippen molar-refractivity contribution in [1.29, 1.82) is 0 Å². The molecule has 0 heterocycles. The Labute approximate surface area is 127 Å². The first-order chi connectivity index (χ1) is 10.5. The topological polar surface area (TPSA) is 35.5 Å². The zero-order valence-corrected chi connectivity index (χ0v) is 11.8. The molecule has 0 radical (unpaired) electrons. The van der Waals surface area contributed by atoms with E-state index in [9.17, 15) is 31.1 Å². The highest BCUT2D eigenvalue weighted by atomic mass is 19.4. The van der Waals surface area contributed by atoms with Crippen LogP contribution in [-0.4, -0.2) is 19.2 Å². The second-order valence-electron chi connectivity index (χ2n) is 4.40. The van der Waals surface area contributed by atoms with E-state index in [1.807, 2.05) is 0 Å². The molecule has 0 unspecified atom stereocenters. The summed E-state index contributed by atoms with van der Waals surface area (Å²) in [5.41, 5.74) is -5.23. The summed E-state index contributed by atoms with van der Waals surface area (Å²) in [4.78, 5) is 11.8. The summed E-state index contributed by atoms with van der Waals surface area (Å²) in [6.07, 6.45) is -9.29. The number of alkyl halides is 6. The molecule has 0 saturated heterocycles. The van der Waals surface area contributed by atoms with E-state index in [4.69, 9.17) is 0 Å². The van der Waals surface area contributed by atoms with Gasteiger partial charge in [-0.05, 0) is 24.6 Å². The predicted molar refractivity (Wildman–Crippen MR) is 67.6 cm³/mol. The maximum Gasteiger partial charge on any atom is 0.417 e. The van der Waals surface area contributed by atoms with Crippen molar-refractivity contribution in [3.63, 3.8) is 0 Å². The zero-order valence-electron chi connectivity index (χ0n) is 11.8. The fourth-order valence-corrected chi connectivity index (χ4v) is 1.79. The summed E-state index contributed by atoms with van der Waals surface area (Å²) < 4.78 is 86.9. The van der Waals surface area contributed by atoms with Gasteiger partial charge in [0.2, 0.25) is 0 Å². The van der Waals surface area contributed by atoms with E-state index in [-0.39, 0.29) is 12.2 Å². The number of halogens is 6. The summed E-state index contributed by atoms with van der Waals surface area (Å²) in [5.74, 6) is -1.72. The fourth-order valence-electron chi connectivity index (χ4n) is 1.79. The molecule has 0 bridgehead atoms. The van der Waals surface area contributed by atoms with Crippen molar-refractivity contribution < 1.29 is 40.6 Å². The monoisotopic (exact) mass is 342 g/mol. The second-order valence-corrected chi connectivity index (χ2v) is 4.40. The van der Waals surface area contributed by atoms with Crippen molar-refractivity contribution >= 4 is 5.97 Å². The molecule has 0 aliphatic heterocycles. The van der Waals surface area contributed by atoms with Crippen LogP contribution in [0.3, 0.4) is 0 Å². The van der Waals surface area contributed by atoms with E-state index in [0.717, 1.165) is 13.2 Å². The van der Waals surface area contributed by atoms with Gasteiger partial charge in [0.05, 0.1) is 23.0 Å². The SMILES string of the molecule is C=COCCOC(=O)c1c(C(F)(F)F)cc(C)cc1C(F)(F)F. The Hall–Kier alpha value is -2.19. The molecule has 128 valence electrons. The van der Waals surface area contributed by atoms with Crippen LogP contribution >= 0.6 is 0 Å². The number of carbonyl (C=O) groups excluding carboxylic acids is 1. The van der Waals surface area contributed by atoms with Crippen LogP contribution in [0.2, 0.25) is 0 Å². The maximum absolute atomic E-state index is 13.0. The summed E-state index contributed by atoms with van der Waals surface area (Å²) in [7, 11) is 0. The first kappa shape index (κ1) is 18.9. The molecule has 0 aromatic heterocycles. The molecule has 0 aliphatic rings. The third-order valence-corrected chi connectivity index (χ3v) is 2.65. The van der Waals surface area contributed by atoms with E-state index in [0.29, 0.717) is 12.1 Å². The molecule has 0 spiro atoms. The standard InChI is InChI=1S/C14H12F6O3/c1-3-22-4-5-23-12(21)11-9(13(15,16)17)6-8(2)7-10(11)14(18,19)20/h3,6-7H,1,4-5H2,2H3. The van der Waals surface area contributed by atoms with Gasteiger partial charge in [0, 0.05) is 0 Å². The Bertz CT molecular complexity index is 554. The molecule has 0 fully saturated rings. The molecule has 1 rings (SSSR count). The van der Waals surface area contributed by atoms with Gasteiger partial charge in [-0.1, -0.05) is 6.58 Å². The normalized spacial score (nSPS) is 12.0. The highest BCUT2D eigenvalue weighted by molar-refractivity contribution is 5.93. The number of rotatable bonds is 5. The largest absolute Gasteiger partial charge is 0.498 e. The average molecular weight is 342 g/mol. The van der Waals surface area contributed by atoms with Gasteiger partial charge in [-0.3, -0.25) is 0 Å². The molecule has 0 amide bonds. The van der Waals surface area contributed by atoms with Crippen LogP contribution in [-0.2, 0) is 21.8 Å². The summed E-state index contributed by atoms with van der Waals surface area (Å²) in [6.45, 7) is 3.48. The minimum atomic E-state index is -5.14. The lowest BCUT2D eigenvalue weighted by atomic mass is 9.97. The molecule has 0 aliphatic carbocycles.